The van der Waals surface area contributed by atoms with Crippen LogP contribution in [0.4, 0.5) is 4.79 Å². The lowest BCUT2D eigenvalue weighted by Crippen LogP contribution is -2.55. The third-order valence-electron chi connectivity index (χ3n) is 5.73. The Balaban J connectivity index is 1.45. The van der Waals surface area contributed by atoms with Crippen molar-refractivity contribution in [1.82, 2.24) is 15.5 Å². The predicted octanol–water partition coefficient (Wildman–Crippen LogP) is 2.44. The highest BCUT2D eigenvalue weighted by Gasteiger charge is 2.40. The van der Waals surface area contributed by atoms with Crippen molar-refractivity contribution >= 4 is 12.0 Å². The Morgan fingerprint density at radius 3 is 2.54 bits per heavy atom. The molecule has 7 nitrogen and oxygen atoms in total. The van der Waals surface area contributed by atoms with Crippen LogP contribution in [0, 0.1) is 5.92 Å². The third-order valence-corrected chi connectivity index (χ3v) is 5.73. The van der Waals surface area contributed by atoms with E-state index in [1.54, 1.807) is 4.90 Å². The molecular weight excluding hydrogens is 358 g/mol. The summed E-state index contributed by atoms with van der Waals surface area (Å²) in [5.41, 5.74) is -0.494. The second-order valence-electron chi connectivity index (χ2n) is 9.45. The smallest absolute Gasteiger partial charge is 0.410 e. The van der Waals surface area contributed by atoms with Gasteiger partial charge in [-0.25, -0.2) is 4.79 Å². The number of ether oxygens (including phenoxy) is 2. The predicted molar refractivity (Wildman–Crippen MR) is 107 cm³/mol. The summed E-state index contributed by atoms with van der Waals surface area (Å²) in [6, 6.07) is 0.556. The highest BCUT2D eigenvalue weighted by Crippen LogP contribution is 2.35. The molecule has 28 heavy (non-hydrogen) atoms. The summed E-state index contributed by atoms with van der Waals surface area (Å²) in [5, 5.41) is 6.69. The van der Waals surface area contributed by atoms with Gasteiger partial charge in [-0.3, -0.25) is 4.79 Å². The molecule has 1 heterocycles. The van der Waals surface area contributed by atoms with Gasteiger partial charge in [0.15, 0.2) is 0 Å². The first-order valence-electron chi connectivity index (χ1n) is 10.9. The van der Waals surface area contributed by atoms with E-state index in [-0.39, 0.29) is 24.1 Å². The average molecular weight is 396 g/mol. The molecule has 7 heteroatoms. The summed E-state index contributed by atoms with van der Waals surface area (Å²) < 4.78 is 11.5. The number of carbonyl (C=O) groups is 2. The van der Waals surface area contributed by atoms with Crippen molar-refractivity contribution < 1.29 is 19.1 Å². The van der Waals surface area contributed by atoms with Gasteiger partial charge in [0.1, 0.15) is 5.60 Å². The second kappa shape index (κ2) is 9.44. The number of rotatable bonds is 7. The van der Waals surface area contributed by atoms with Gasteiger partial charge in [-0.2, -0.15) is 0 Å². The Labute approximate surface area is 168 Å². The normalized spacial score (nSPS) is 24.8. The Morgan fingerprint density at radius 2 is 1.89 bits per heavy atom. The Morgan fingerprint density at radius 1 is 1.18 bits per heavy atom. The maximum absolute atomic E-state index is 12.4. The molecule has 0 aromatic carbocycles. The molecular formula is C21H37N3O4. The molecule has 3 rings (SSSR count). The molecule has 2 N–H and O–H groups in total. The van der Waals surface area contributed by atoms with E-state index >= 15 is 0 Å². The van der Waals surface area contributed by atoms with E-state index in [1.807, 2.05) is 20.8 Å². The number of nitrogens with zero attached hydrogens (tertiary/aromatic N) is 1. The second-order valence-corrected chi connectivity index (χ2v) is 9.45. The molecule has 2 amide bonds. The van der Waals surface area contributed by atoms with Crippen LogP contribution in [0.25, 0.3) is 0 Å². The minimum Gasteiger partial charge on any atom is -0.444 e. The lowest BCUT2D eigenvalue weighted by Gasteiger charge is -2.38. The molecule has 2 atom stereocenters. The van der Waals surface area contributed by atoms with Crippen molar-refractivity contribution in [1.29, 1.82) is 0 Å². The van der Waals surface area contributed by atoms with Crippen LogP contribution in [-0.2, 0) is 14.3 Å². The lowest BCUT2D eigenvalue weighted by atomic mass is 10.0. The van der Waals surface area contributed by atoms with Gasteiger partial charge in [-0.05, 0) is 52.4 Å². The fourth-order valence-corrected chi connectivity index (χ4v) is 4.16. The minimum absolute atomic E-state index is 0.0494. The van der Waals surface area contributed by atoms with Gasteiger partial charge in [0.05, 0.1) is 19.3 Å². The number of carbonyl (C=O) groups excluding carboxylic acids is 2. The first-order chi connectivity index (χ1) is 13.3. The van der Waals surface area contributed by atoms with Gasteiger partial charge in [0.2, 0.25) is 5.91 Å². The van der Waals surface area contributed by atoms with Crippen LogP contribution in [-0.4, -0.2) is 66.9 Å². The van der Waals surface area contributed by atoms with E-state index in [0.717, 1.165) is 12.8 Å². The van der Waals surface area contributed by atoms with E-state index in [2.05, 4.69) is 10.6 Å². The molecule has 0 bridgehead atoms. The summed E-state index contributed by atoms with van der Waals surface area (Å²) in [6.07, 6.45) is 7.19. The topological polar surface area (TPSA) is 79.9 Å². The Bertz CT molecular complexity index is 538. The van der Waals surface area contributed by atoms with Gasteiger partial charge in [-0.1, -0.05) is 12.8 Å². The number of hydrogen-bond donors (Lipinski definition) is 2. The van der Waals surface area contributed by atoms with Crippen molar-refractivity contribution in [3.63, 3.8) is 0 Å². The van der Waals surface area contributed by atoms with E-state index in [0.29, 0.717) is 44.6 Å². The molecule has 0 radical (unpaired) electrons. The van der Waals surface area contributed by atoms with Gasteiger partial charge in [-0.15, -0.1) is 0 Å². The van der Waals surface area contributed by atoms with Crippen molar-refractivity contribution in [2.75, 3.05) is 26.2 Å². The first-order valence-corrected chi connectivity index (χ1v) is 10.9. The fraction of sp³-hybridized carbons (Fsp3) is 0.905. The van der Waals surface area contributed by atoms with Crippen LogP contribution in [0.1, 0.15) is 65.7 Å². The highest BCUT2D eigenvalue weighted by atomic mass is 16.6. The van der Waals surface area contributed by atoms with E-state index in [1.165, 1.54) is 25.7 Å². The zero-order chi connectivity index (χ0) is 20.1. The number of hydrogen-bond acceptors (Lipinski definition) is 5. The lowest BCUT2D eigenvalue weighted by molar-refractivity contribution is -0.121. The maximum atomic E-state index is 12.4. The fourth-order valence-electron chi connectivity index (χ4n) is 4.16. The average Bonchev–Trinajstić information content (AvgIpc) is 3.34. The summed E-state index contributed by atoms with van der Waals surface area (Å²) in [7, 11) is 0. The van der Waals surface area contributed by atoms with Gasteiger partial charge >= 0.3 is 6.09 Å². The molecule has 2 saturated carbocycles. The summed E-state index contributed by atoms with van der Waals surface area (Å²) in [4.78, 5) is 26.3. The van der Waals surface area contributed by atoms with Crippen LogP contribution in [0.3, 0.4) is 0 Å². The first kappa shape index (κ1) is 21.4. The largest absolute Gasteiger partial charge is 0.444 e. The summed E-state index contributed by atoms with van der Waals surface area (Å²) >= 11 is 0. The monoisotopic (exact) mass is 395 g/mol. The number of amides is 2. The SMILES string of the molecule is CC(C)(C)OC(=O)N1CCO[C@H]([C@H](NCCC(=O)NC2CCCC2)C2CC2)C1. The zero-order valence-electron chi connectivity index (χ0n) is 17.7. The van der Waals surface area contributed by atoms with Crippen LogP contribution < -0.4 is 10.6 Å². The van der Waals surface area contributed by atoms with Crippen molar-refractivity contribution in [2.45, 2.75) is 89.5 Å². The Kier molecular flexibility index (Phi) is 7.20. The summed E-state index contributed by atoms with van der Waals surface area (Å²) in [5.74, 6) is 0.704. The van der Waals surface area contributed by atoms with Crippen LogP contribution in [0.15, 0.2) is 0 Å². The zero-order valence-corrected chi connectivity index (χ0v) is 17.7. The molecule has 0 aromatic heterocycles. The molecule has 1 aliphatic heterocycles. The van der Waals surface area contributed by atoms with Crippen LogP contribution in [0.5, 0.6) is 0 Å². The summed E-state index contributed by atoms with van der Waals surface area (Å²) in [6.45, 7) is 7.92. The molecule has 2 aliphatic carbocycles. The van der Waals surface area contributed by atoms with E-state index in [4.69, 9.17) is 9.47 Å². The number of morpholine rings is 1. The third kappa shape index (κ3) is 6.62. The van der Waals surface area contributed by atoms with Gasteiger partial charge in [0, 0.05) is 31.6 Å². The quantitative estimate of drug-likeness (QED) is 0.692. The van der Waals surface area contributed by atoms with Crippen molar-refractivity contribution in [2.24, 2.45) is 5.92 Å². The standard InChI is InChI=1S/C21H37N3O4/c1-21(2,3)28-20(26)24-12-13-27-17(14-24)19(15-8-9-15)22-11-10-18(25)23-16-6-4-5-7-16/h15-17,19,22H,4-14H2,1-3H3,(H,23,25)/t17-,19+/m0/s1. The molecule has 1 saturated heterocycles. The Hall–Kier alpha value is -1.34. The van der Waals surface area contributed by atoms with Crippen LogP contribution >= 0.6 is 0 Å². The molecule has 0 spiro atoms. The molecule has 3 fully saturated rings. The molecule has 0 aromatic rings. The van der Waals surface area contributed by atoms with Crippen molar-refractivity contribution in [3.05, 3.63) is 0 Å². The maximum Gasteiger partial charge on any atom is 0.410 e. The molecule has 0 unspecified atom stereocenters. The molecule has 160 valence electrons. The highest BCUT2D eigenvalue weighted by molar-refractivity contribution is 5.76. The van der Waals surface area contributed by atoms with E-state index < -0.39 is 5.60 Å². The van der Waals surface area contributed by atoms with Crippen LogP contribution in [0.2, 0.25) is 0 Å². The van der Waals surface area contributed by atoms with Gasteiger partial charge in [0.25, 0.3) is 0 Å². The van der Waals surface area contributed by atoms with E-state index in [9.17, 15) is 9.59 Å². The molecule has 3 aliphatic rings. The van der Waals surface area contributed by atoms with Crippen molar-refractivity contribution in [3.8, 4) is 0 Å². The minimum atomic E-state index is -0.494. The van der Waals surface area contributed by atoms with Gasteiger partial charge < -0.3 is 25.0 Å². The number of nitrogens with one attached hydrogen (secondary N) is 2.